The van der Waals surface area contributed by atoms with Gasteiger partial charge in [-0.1, -0.05) is 57.5 Å². The van der Waals surface area contributed by atoms with Gasteiger partial charge in [-0.25, -0.2) is 4.79 Å². The highest BCUT2D eigenvalue weighted by atomic mass is 16.8. The van der Waals surface area contributed by atoms with Crippen molar-refractivity contribution in [3.8, 4) is 0 Å². The molecule has 176 valence electrons. The molecule has 32 heavy (non-hydrogen) atoms. The number of carbonyl (C=O) groups is 2. The van der Waals surface area contributed by atoms with Crippen molar-refractivity contribution in [3.05, 3.63) is 35.9 Å². The largest absolute Gasteiger partial charge is 0.460 e. The summed E-state index contributed by atoms with van der Waals surface area (Å²) in [6, 6.07) is 9.97. The van der Waals surface area contributed by atoms with Crippen LogP contribution in [0.4, 0.5) is 0 Å². The molecule has 2 saturated heterocycles. The lowest BCUT2D eigenvalue weighted by molar-refractivity contribution is -0.300. The first-order chi connectivity index (χ1) is 14.9. The van der Waals surface area contributed by atoms with Gasteiger partial charge in [0.2, 0.25) is 5.91 Å². The van der Waals surface area contributed by atoms with Crippen molar-refractivity contribution in [2.45, 2.75) is 103 Å². The standard InChI is InChI=1S/C26H37NO5/c1-16-13-14-19(24(3,4)18-11-9-8-10-12-18)20(15-16)30-23(29)26(7)21-22(32-26)31-25(5,6)27(21)17(2)28/h8-12,16,19-22H,13-15H2,1-7H3/t16-,19-,20-,21-,22-,26-/m1/s1. The normalized spacial score (nSPS) is 36.2. The number of nitrogens with zero attached hydrogens (tertiary/aromatic N) is 1. The van der Waals surface area contributed by atoms with Crippen LogP contribution >= 0.6 is 0 Å². The second-order valence-electron chi connectivity index (χ2n) is 11.0. The quantitative estimate of drug-likeness (QED) is 0.645. The molecular weight excluding hydrogens is 406 g/mol. The van der Waals surface area contributed by atoms with E-state index in [0.717, 1.165) is 19.3 Å². The van der Waals surface area contributed by atoms with Crippen LogP contribution in [0.1, 0.15) is 73.3 Å². The minimum absolute atomic E-state index is 0.139. The molecule has 3 aliphatic rings. The van der Waals surface area contributed by atoms with Gasteiger partial charge < -0.3 is 19.1 Å². The van der Waals surface area contributed by atoms with Crippen molar-refractivity contribution in [3.63, 3.8) is 0 Å². The molecule has 2 aliphatic heterocycles. The number of rotatable bonds is 4. The Hall–Kier alpha value is -1.92. The van der Waals surface area contributed by atoms with Gasteiger partial charge in [-0.05, 0) is 50.5 Å². The number of carbonyl (C=O) groups excluding carboxylic acids is 2. The number of fused-ring (bicyclic) bond motifs is 1. The third kappa shape index (κ3) is 3.65. The van der Waals surface area contributed by atoms with Crippen LogP contribution in [-0.4, -0.2) is 46.5 Å². The van der Waals surface area contributed by atoms with Crippen LogP contribution in [0, 0.1) is 11.8 Å². The molecule has 3 fully saturated rings. The van der Waals surface area contributed by atoms with Gasteiger partial charge in [-0.3, -0.25) is 4.79 Å². The molecule has 6 heteroatoms. The van der Waals surface area contributed by atoms with E-state index in [1.54, 1.807) is 11.8 Å². The Labute approximate surface area is 191 Å². The van der Waals surface area contributed by atoms with Crippen LogP contribution in [0.15, 0.2) is 30.3 Å². The van der Waals surface area contributed by atoms with Gasteiger partial charge in [-0.15, -0.1) is 0 Å². The lowest BCUT2D eigenvalue weighted by atomic mass is 9.64. The summed E-state index contributed by atoms with van der Waals surface area (Å²) in [6.07, 6.45) is 2.14. The zero-order chi connectivity index (χ0) is 23.5. The van der Waals surface area contributed by atoms with Gasteiger partial charge in [0, 0.05) is 12.8 Å². The van der Waals surface area contributed by atoms with Gasteiger partial charge in [-0.2, -0.15) is 0 Å². The molecular formula is C26H37NO5. The maximum absolute atomic E-state index is 13.5. The van der Waals surface area contributed by atoms with Crippen molar-refractivity contribution in [2.75, 3.05) is 0 Å². The molecule has 0 radical (unpaired) electrons. The fourth-order valence-electron chi connectivity index (χ4n) is 6.06. The summed E-state index contributed by atoms with van der Waals surface area (Å²) in [6.45, 7) is 13.6. The molecule has 0 bridgehead atoms. The second-order valence-corrected chi connectivity index (χ2v) is 11.0. The first-order valence-corrected chi connectivity index (χ1v) is 11.8. The van der Waals surface area contributed by atoms with E-state index < -0.39 is 29.6 Å². The zero-order valence-electron chi connectivity index (χ0n) is 20.4. The number of hydrogen-bond donors (Lipinski definition) is 0. The van der Waals surface area contributed by atoms with Crippen LogP contribution in [0.3, 0.4) is 0 Å². The Bertz CT molecular complexity index is 881. The monoisotopic (exact) mass is 443 g/mol. The maximum Gasteiger partial charge on any atom is 0.340 e. The number of hydrogen-bond acceptors (Lipinski definition) is 5. The number of esters is 1. The predicted octanol–water partition coefficient (Wildman–Crippen LogP) is 4.41. The Morgan fingerprint density at radius 1 is 1.09 bits per heavy atom. The minimum Gasteiger partial charge on any atom is -0.460 e. The van der Waals surface area contributed by atoms with Crippen molar-refractivity contribution < 1.29 is 23.8 Å². The SMILES string of the molecule is CC(=O)N1[C@@H]2[C@H](OC1(C)C)O[C@@]2(C)C(=O)O[C@@H]1C[C@H](C)CC[C@H]1C(C)(C)c1ccccc1. The number of amides is 1. The summed E-state index contributed by atoms with van der Waals surface area (Å²) in [5.41, 5.74) is -0.941. The molecule has 1 aromatic rings. The first-order valence-electron chi connectivity index (χ1n) is 11.8. The molecule has 2 heterocycles. The highest BCUT2D eigenvalue weighted by molar-refractivity contribution is 5.84. The lowest BCUT2D eigenvalue weighted by Gasteiger charge is -2.50. The molecule has 0 N–H and O–H groups in total. The predicted molar refractivity (Wildman–Crippen MR) is 121 cm³/mol. The first kappa shape index (κ1) is 23.2. The van der Waals surface area contributed by atoms with E-state index in [1.165, 1.54) is 12.5 Å². The van der Waals surface area contributed by atoms with E-state index in [9.17, 15) is 9.59 Å². The molecule has 1 saturated carbocycles. The van der Waals surface area contributed by atoms with E-state index in [0.29, 0.717) is 5.92 Å². The Balaban J connectivity index is 1.56. The highest BCUT2D eigenvalue weighted by Crippen LogP contribution is 2.50. The maximum atomic E-state index is 13.5. The third-order valence-corrected chi connectivity index (χ3v) is 7.95. The van der Waals surface area contributed by atoms with Crippen LogP contribution in [0.2, 0.25) is 0 Å². The number of benzene rings is 1. The average molecular weight is 444 g/mol. The summed E-state index contributed by atoms with van der Waals surface area (Å²) in [5, 5.41) is 0. The van der Waals surface area contributed by atoms with Gasteiger partial charge in [0.15, 0.2) is 11.9 Å². The Morgan fingerprint density at radius 3 is 2.38 bits per heavy atom. The van der Waals surface area contributed by atoms with E-state index in [2.05, 4.69) is 45.0 Å². The van der Waals surface area contributed by atoms with Gasteiger partial charge in [0.25, 0.3) is 0 Å². The van der Waals surface area contributed by atoms with Gasteiger partial charge >= 0.3 is 5.97 Å². The van der Waals surface area contributed by atoms with Crippen molar-refractivity contribution in [2.24, 2.45) is 11.8 Å². The fourth-order valence-corrected chi connectivity index (χ4v) is 6.06. The Morgan fingerprint density at radius 2 is 1.75 bits per heavy atom. The summed E-state index contributed by atoms with van der Waals surface area (Å²) < 4.78 is 18.0. The molecule has 0 aromatic heterocycles. The summed E-state index contributed by atoms with van der Waals surface area (Å²) >= 11 is 0. The van der Waals surface area contributed by atoms with E-state index in [4.69, 9.17) is 14.2 Å². The lowest BCUT2D eigenvalue weighted by Crippen LogP contribution is -2.71. The van der Waals surface area contributed by atoms with Crippen molar-refractivity contribution >= 4 is 11.9 Å². The van der Waals surface area contributed by atoms with Crippen LogP contribution in [0.25, 0.3) is 0 Å². The van der Waals surface area contributed by atoms with Crippen molar-refractivity contribution in [1.29, 1.82) is 0 Å². The fraction of sp³-hybridized carbons (Fsp3) is 0.692. The molecule has 1 aliphatic carbocycles. The molecule has 1 amide bonds. The van der Waals surface area contributed by atoms with E-state index in [-0.39, 0.29) is 23.3 Å². The Kier molecular flexibility index (Phi) is 5.70. The molecule has 0 spiro atoms. The third-order valence-electron chi connectivity index (χ3n) is 7.95. The van der Waals surface area contributed by atoms with Crippen LogP contribution < -0.4 is 0 Å². The average Bonchev–Trinajstić information content (AvgIpc) is 2.94. The van der Waals surface area contributed by atoms with Crippen molar-refractivity contribution in [1.82, 2.24) is 4.90 Å². The minimum atomic E-state index is -1.23. The smallest absolute Gasteiger partial charge is 0.340 e. The van der Waals surface area contributed by atoms with Gasteiger partial charge in [0.1, 0.15) is 17.9 Å². The van der Waals surface area contributed by atoms with Crippen LogP contribution in [-0.2, 0) is 29.2 Å². The highest BCUT2D eigenvalue weighted by Gasteiger charge is 2.70. The summed E-state index contributed by atoms with van der Waals surface area (Å²) in [4.78, 5) is 27.5. The number of ether oxygens (including phenoxy) is 3. The van der Waals surface area contributed by atoms with E-state index >= 15 is 0 Å². The molecule has 0 unspecified atom stereocenters. The van der Waals surface area contributed by atoms with E-state index in [1.807, 2.05) is 19.9 Å². The molecule has 6 nitrogen and oxygen atoms in total. The molecule has 6 atom stereocenters. The molecule has 1 aromatic carbocycles. The topological polar surface area (TPSA) is 65.1 Å². The van der Waals surface area contributed by atoms with Gasteiger partial charge in [0.05, 0.1) is 0 Å². The molecule has 4 rings (SSSR count). The zero-order valence-corrected chi connectivity index (χ0v) is 20.4. The van der Waals surface area contributed by atoms with Crippen LogP contribution in [0.5, 0.6) is 0 Å². The second kappa shape index (κ2) is 7.84. The summed E-state index contributed by atoms with van der Waals surface area (Å²) in [5.74, 6) is 0.143. The summed E-state index contributed by atoms with van der Waals surface area (Å²) in [7, 11) is 0.